The molecule has 0 unspecified atom stereocenters. The second kappa shape index (κ2) is 10.1. The van der Waals surface area contributed by atoms with E-state index in [0.29, 0.717) is 6.54 Å². The van der Waals surface area contributed by atoms with Gasteiger partial charge in [-0.3, -0.25) is 9.52 Å². The first-order valence-electron chi connectivity index (χ1n) is 9.48. The minimum Gasteiger partial charge on any atom is -0.370 e. The smallest absolute Gasteiger partial charge is 0.370 e. The van der Waals surface area contributed by atoms with Crippen LogP contribution in [0.15, 0.2) is 30.3 Å². The number of amides is 1. The molecule has 1 aromatic carbocycles. The number of anilines is 2. The Morgan fingerprint density at radius 2 is 1.79 bits per heavy atom. The average Bonchev–Trinajstić information content (AvgIpc) is 2.68. The second-order valence-electron chi connectivity index (χ2n) is 6.96. The Labute approximate surface area is 187 Å². The molecule has 1 atom stereocenters. The topological polar surface area (TPSA) is 100 Å². The van der Waals surface area contributed by atoms with Crippen LogP contribution in [-0.4, -0.2) is 32.1 Å². The summed E-state index contributed by atoms with van der Waals surface area (Å²) >= 11 is 0. The molecule has 0 radical (unpaired) electrons. The number of benzene rings is 1. The third-order valence-electron chi connectivity index (χ3n) is 4.19. The number of hydrogen-bond acceptors (Lipinski definition) is 5. The van der Waals surface area contributed by atoms with Crippen molar-refractivity contribution in [2.45, 2.75) is 26.1 Å². The highest BCUT2D eigenvalue weighted by molar-refractivity contribution is 7.92. The van der Waals surface area contributed by atoms with Crippen LogP contribution in [0.4, 0.5) is 33.5 Å². The zero-order valence-corrected chi connectivity index (χ0v) is 18.5. The van der Waals surface area contributed by atoms with E-state index in [2.05, 4.69) is 15.6 Å². The first kappa shape index (κ1) is 26.0. The van der Waals surface area contributed by atoms with Gasteiger partial charge in [0.25, 0.3) is 0 Å². The molecule has 0 aliphatic rings. The largest absolute Gasteiger partial charge is 0.433 e. The van der Waals surface area contributed by atoms with E-state index in [1.54, 1.807) is 11.6 Å². The highest BCUT2D eigenvalue weighted by Crippen LogP contribution is 2.30. The van der Waals surface area contributed by atoms with Crippen LogP contribution in [0.2, 0.25) is 0 Å². The Morgan fingerprint density at radius 3 is 2.30 bits per heavy atom. The van der Waals surface area contributed by atoms with Gasteiger partial charge in [-0.15, -0.1) is 0 Å². The van der Waals surface area contributed by atoms with Gasteiger partial charge in [0, 0.05) is 18.2 Å². The molecule has 33 heavy (non-hydrogen) atoms. The van der Waals surface area contributed by atoms with Crippen molar-refractivity contribution in [3.8, 4) is 0 Å². The van der Waals surface area contributed by atoms with E-state index in [1.807, 2.05) is 0 Å². The van der Waals surface area contributed by atoms with Gasteiger partial charge in [0.2, 0.25) is 15.9 Å². The van der Waals surface area contributed by atoms with Crippen molar-refractivity contribution in [2.24, 2.45) is 0 Å². The van der Waals surface area contributed by atoms with Crippen molar-refractivity contribution in [3.05, 3.63) is 58.8 Å². The number of halogens is 5. The van der Waals surface area contributed by atoms with Crippen LogP contribution < -0.4 is 15.4 Å². The lowest BCUT2D eigenvalue weighted by Crippen LogP contribution is -2.25. The highest BCUT2D eigenvalue weighted by Gasteiger charge is 2.32. The molecule has 0 aliphatic carbocycles. The Balaban J connectivity index is 2.18. The number of nitrogens with one attached hydrogen (secondary N) is 3. The quantitative estimate of drug-likeness (QED) is 0.381. The zero-order chi connectivity index (χ0) is 25.0. The van der Waals surface area contributed by atoms with Crippen molar-refractivity contribution < 1.29 is 35.2 Å². The molecule has 7 nitrogen and oxygen atoms in total. The van der Waals surface area contributed by atoms with Crippen LogP contribution in [0.25, 0.3) is 6.08 Å². The molecule has 0 bridgehead atoms. The molecule has 3 N–H and O–H groups in total. The Kier molecular flexibility index (Phi) is 8.01. The lowest BCUT2D eigenvalue weighted by molar-refractivity contribution is -0.141. The fraction of sp³-hybridized carbons (Fsp3) is 0.300. The van der Waals surface area contributed by atoms with Gasteiger partial charge >= 0.3 is 6.18 Å². The van der Waals surface area contributed by atoms with Crippen LogP contribution >= 0.6 is 0 Å². The highest BCUT2D eigenvalue weighted by atomic mass is 32.2. The minimum absolute atomic E-state index is 0.0235. The summed E-state index contributed by atoms with van der Waals surface area (Å²) in [5.41, 5.74) is -1.69. The number of pyridine rings is 1. The summed E-state index contributed by atoms with van der Waals surface area (Å²) in [4.78, 5) is 15.7. The van der Waals surface area contributed by atoms with E-state index in [-0.39, 0.29) is 16.9 Å². The summed E-state index contributed by atoms with van der Waals surface area (Å²) in [7, 11) is -3.91. The van der Waals surface area contributed by atoms with E-state index < -0.39 is 51.2 Å². The number of carbonyl (C=O) groups excluding carboxylic acids is 1. The monoisotopic (exact) mass is 492 g/mol. The molecule has 1 aromatic heterocycles. The van der Waals surface area contributed by atoms with Crippen molar-refractivity contribution in [2.75, 3.05) is 22.8 Å². The minimum atomic E-state index is -4.63. The molecule has 2 aromatic rings. The van der Waals surface area contributed by atoms with Crippen LogP contribution in [0.1, 0.15) is 36.7 Å². The third kappa shape index (κ3) is 7.41. The van der Waals surface area contributed by atoms with Gasteiger partial charge in [0.15, 0.2) is 11.6 Å². The Hall–Kier alpha value is -3.22. The van der Waals surface area contributed by atoms with Gasteiger partial charge in [-0.1, -0.05) is 0 Å². The molecule has 13 heteroatoms. The van der Waals surface area contributed by atoms with Crippen LogP contribution in [0, 0.1) is 11.6 Å². The van der Waals surface area contributed by atoms with Gasteiger partial charge in [0.1, 0.15) is 17.2 Å². The van der Waals surface area contributed by atoms with Gasteiger partial charge in [-0.25, -0.2) is 22.2 Å². The molecule has 1 amide bonds. The van der Waals surface area contributed by atoms with Gasteiger partial charge in [-0.2, -0.15) is 13.2 Å². The standard InChI is InChI=1S/C20H21F5N4O3S/c1-4-26-19-12(5-7-16(28-19)20(23,24)25)6-8-17(30)27-11(2)13-9-14(21)18(15(22)10-13)29-33(3,31)32/h5-11,29H,4H2,1-3H3,(H,26,28)(H,27,30)/b8-6+/t11-/m1/s1. The summed E-state index contributed by atoms with van der Waals surface area (Å²) < 4.78 is 91.1. The molecule has 180 valence electrons. The Morgan fingerprint density at radius 1 is 1.18 bits per heavy atom. The number of rotatable bonds is 8. The maximum Gasteiger partial charge on any atom is 0.433 e. The number of sulfonamides is 1. The number of aromatic nitrogens is 1. The van der Waals surface area contributed by atoms with E-state index >= 15 is 0 Å². The van der Waals surface area contributed by atoms with E-state index in [1.165, 1.54) is 13.0 Å². The Bertz CT molecular complexity index is 1140. The van der Waals surface area contributed by atoms with Crippen LogP contribution in [0.3, 0.4) is 0 Å². The summed E-state index contributed by atoms with van der Waals surface area (Å²) in [5.74, 6) is -3.09. The van der Waals surface area contributed by atoms with Crippen molar-refractivity contribution in [3.63, 3.8) is 0 Å². The van der Waals surface area contributed by atoms with Crippen molar-refractivity contribution in [1.29, 1.82) is 0 Å². The SMILES string of the molecule is CCNc1nc(C(F)(F)F)ccc1/C=C/C(=O)N[C@H](C)c1cc(F)c(NS(C)(=O)=O)c(F)c1. The van der Waals surface area contributed by atoms with E-state index in [9.17, 15) is 35.2 Å². The molecule has 0 saturated heterocycles. The molecule has 0 saturated carbocycles. The van der Waals surface area contributed by atoms with E-state index in [0.717, 1.165) is 36.6 Å². The zero-order valence-electron chi connectivity index (χ0n) is 17.7. The summed E-state index contributed by atoms with van der Waals surface area (Å²) in [6.07, 6.45) is -1.61. The maximum atomic E-state index is 14.2. The molecular formula is C20H21F5N4O3S. The summed E-state index contributed by atoms with van der Waals surface area (Å²) in [6, 6.07) is 2.79. The van der Waals surface area contributed by atoms with Crippen molar-refractivity contribution >= 4 is 33.5 Å². The molecule has 2 rings (SSSR count). The van der Waals surface area contributed by atoms with Crippen LogP contribution in [0.5, 0.6) is 0 Å². The number of carbonyl (C=O) groups is 1. The number of alkyl halides is 3. The van der Waals surface area contributed by atoms with Crippen LogP contribution in [-0.2, 0) is 21.0 Å². The third-order valence-corrected chi connectivity index (χ3v) is 4.76. The van der Waals surface area contributed by atoms with Gasteiger partial charge < -0.3 is 10.6 Å². The molecule has 0 fully saturated rings. The van der Waals surface area contributed by atoms with E-state index in [4.69, 9.17) is 0 Å². The normalized spacial score (nSPS) is 13.1. The predicted molar refractivity (Wildman–Crippen MR) is 114 cm³/mol. The summed E-state index contributed by atoms with van der Waals surface area (Å²) in [5, 5.41) is 5.14. The lowest BCUT2D eigenvalue weighted by atomic mass is 10.1. The average molecular weight is 492 g/mol. The maximum absolute atomic E-state index is 14.2. The first-order chi connectivity index (χ1) is 15.2. The molecule has 0 aliphatic heterocycles. The number of hydrogen-bond donors (Lipinski definition) is 3. The number of nitrogens with zero attached hydrogens (tertiary/aromatic N) is 1. The van der Waals surface area contributed by atoms with Crippen molar-refractivity contribution in [1.82, 2.24) is 10.3 Å². The second-order valence-corrected chi connectivity index (χ2v) is 8.71. The molecular weight excluding hydrogens is 471 g/mol. The van der Waals surface area contributed by atoms with Gasteiger partial charge in [-0.05, 0) is 49.8 Å². The summed E-state index contributed by atoms with van der Waals surface area (Å²) in [6.45, 7) is 3.39. The van der Waals surface area contributed by atoms with Gasteiger partial charge in [0.05, 0.1) is 12.3 Å². The molecule has 1 heterocycles. The lowest BCUT2D eigenvalue weighted by Gasteiger charge is -2.15. The molecule has 0 spiro atoms. The predicted octanol–water partition coefficient (Wildman–Crippen LogP) is 4.07. The fourth-order valence-corrected chi connectivity index (χ4v) is 3.27. The fourth-order valence-electron chi connectivity index (χ4n) is 2.71. The first-order valence-corrected chi connectivity index (χ1v) is 11.4.